The summed E-state index contributed by atoms with van der Waals surface area (Å²) in [6.45, 7) is 7.27. The maximum Gasteiger partial charge on any atom is 0.0589 e. The summed E-state index contributed by atoms with van der Waals surface area (Å²) in [5, 5.41) is 0. The van der Waals surface area contributed by atoms with Gasteiger partial charge in [0.1, 0.15) is 0 Å². The van der Waals surface area contributed by atoms with Crippen molar-refractivity contribution in [2.75, 3.05) is 26.8 Å². The van der Waals surface area contributed by atoms with Gasteiger partial charge in [-0.15, -0.1) is 0 Å². The fourth-order valence-corrected chi connectivity index (χ4v) is 2.28. The molecule has 0 aromatic carbocycles. The number of hydrogen-bond donors (Lipinski definition) is 1. The molecule has 0 radical (unpaired) electrons. The van der Waals surface area contributed by atoms with E-state index in [1.807, 2.05) is 0 Å². The van der Waals surface area contributed by atoms with Gasteiger partial charge in [-0.1, -0.05) is 0 Å². The van der Waals surface area contributed by atoms with Crippen LogP contribution in [0, 0.1) is 5.92 Å². The van der Waals surface area contributed by atoms with Crippen molar-refractivity contribution in [2.45, 2.75) is 45.2 Å². The summed E-state index contributed by atoms with van der Waals surface area (Å²) in [5.74, 6) is 0.919. The van der Waals surface area contributed by atoms with E-state index in [9.17, 15) is 0 Å². The van der Waals surface area contributed by atoms with Crippen molar-refractivity contribution in [3.8, 4) is 0 Å². The highest BCUT2D eigenvalue weighted by Crippen LogP contribution is 2.35. The average Bonchev–Trinajstić information content (AvgIpc) is 3.01. The molecule has 1 fully saturated rings. The highest BCUT2D eigenvalue weighted by Gasteiger charge is 2.33. The normalized spacial score (nSPS) is 20.6. The Hall–Kier alpha value is -0.120. The third-order valence-electron chi connectivity index (χ3n) is 3.53. The van der Waals surface area contributed by atoms with E-state index in [-0.39, 0.29) is 0 Å². The molecule has 1 aliphatic rings. The van der Waals surface area contributed by atoms with Gasteiger partial charge in [-0.2, -0.15) is 0 Å². The lowest BCUT2D eigenvalue weighted by Crippen LogP contribution is -2.44. The molecule has 2 atom stereocenters. The SMILES string of the molecule is COCCN(C(C)CCN)C(C)C1CC1. The molecule has 2 unspecified atom stereocenters. The smallest absolute Gasteiger partial charge is 0.0589 e. The average molecular weight is 214 g/mol. The van der Waals surface area contributed by atoms with Gasteiger partial charge >= 0.3 is 0 Å². The lowest BCUT2D eigenvalue weighted by Gasteiger charge is -2.34. The molecule has 2 N–H and O–H groups in total. The number of hydrogen-bond acceptors (Lipinski definition) is 3. The van der Waals surface area contributed by atoms with Gasteiger partial charge in [0.2, 0.25) is 0 Å². The molecule has 0 aromatic rings. The van der Waals surface area contributed by atoms with Crippen LogP contribution in [0.15, 0.2) is 0 Å². The fraction of sp³-hybridized carbons (Fsp3) is 1.00. The van der Waals surface area contributed by atoms with E-state index in [1.165, 1.54) is 12.8 Å². The summed E-state index contributed by atoms with van der Waals surface area (Å²) in [4.78, 5) is 2.56. The van der Waals surface area contributed by atoms with Crippen LogP contribution in [-0.2, 0) is 4.74 Å². The van der Waals surface area contributed by atoms with E-state index in [4.69, 9.17) is 10.5 Å². The molecule has 90 valence electrons. The Morgan fingerprint density at radius 2 is 2.07 bits per heavy atom. The Labute approximate surface area is 94.0 Å². The van der Waals surface area contributed by atoms with Crippen LogP contribution in [0.3, 0.4) is 0 Å². The van der Waals surface area contributed by atoms with Gasteiger partial charge in [-0.05, 0) is 45.6 Å². The second kappa shape index (κ2) is 6.46. The van der Waals surface area contributed by atoms with Crippen LogP contribution in [-0.4, -0.2) is 43.8 Å². The molecule has 0 spiro atoms. The zero-order valence-corrected chi connectivity index (χ0v) is 10.4. The van der Waals surface area contributed by atoms with Gasteiger partial charge in [0.25, 0.3) is 0 Å². The lowest BCUT2D eigenvalue weighted by molar-refractivity contribution is 0.0849. The Balaban J connectivity index is 2.42. The Morgan fingerprint density at radius 3 is 2.53 bits per heavy atom. The maximum atomic E-state index is 5.63. The fourth-order valence-electron chi connectivity index (χ4n) is 2.28. The molecule has 15 heavy (non-hydrogen) atoms. The first-order chi connectivity index (χ1) is 7.20. The van der Waals surface area contributed by atoms with Crippen molar-refractivity contribution in [1.29, 1.82) is 0 Å². The van der Waals surface area contributed by atoms with Gasteiger partial charge in [0.05, 0.1) is 6.61 Å². The van der Waals surface area contributed by atoms with Crippen LogP contribution in [0.25, 0.3) is 0 Å². The first kappa shape index (κ1) is 12.9. The summed E-state index contributed by atoms with van der Waals surface area (Å²) in [5.41, 5.74) is 5.63. The monoisotopic (exact) mass is 214 g/mol. The van der Waals surface area contributed by atoms with E-state index in [0.717, 1.165) is 32.0 Å². The zero-order valence-electron chi connectivity index (χ0n) is 10.4. The van der Waals surface area contributed by atoms with Crippen molar-refractivity contribution in [3.63, 3.8) is 0 Å². The number of methoxy groups -OCH3 is 1. The minimum Gasteiger partial charge on any atom is -0.383 e. The van der Waals surface area contributed by atoms with Crippen molar-refractivity contribution < 1.29 is 4.74 Å². The summed E-state index contributed by atoms with van der Waals surface area (Å²) >= 11 is 0. The molecule has 1 aliphatic carbocycles. The van der Waals surface area contributed by atoms with E-state index < -0.39 is 0 Å². The zero-order chi connectivity index (χ0) is 11.3. The standard InChI is InChI=1S/C12H26N2O/c1-10(6-7-13)14(8-9-15-3)11(2)12-4-5-12/h10-12H,4-9,13H2,1-3H3. The summed E-state index contributed by atoms with van der Waals surface area (Å²) in [6.07, 6.45) is 3.89. The number of ether oxygens (including phenoxy) is 1. The van der Waals surface area contributed by atoms with Crippen LogP contribution in [0.5, 0.6) is 0 Å². The van der Waals surface area contributed by atoms with E-state index in [0.29, 0.717) is 12.1 Å². The predicted octanol–water partition coefficient (Wildman–Crippen LogP) is 1.47. The van der Waals surface area contributed by atoms with E-state index >= 15 is 0 Å². The summed E-state index contributed by atoms with van der Waals surface area (Å²) < 4.78 is 5.18. The molecule has 0 aliphatic heterocycles. The predicted molar refractivity (Wildman–Crippen MR) is 63.9 cm³/mol. The van der Waals surface area contributed by atoms with Crippen molar-refractivity contribution >= 4 is 0 Å². The highest BCUT2D eigenvalue weighted by molar-refractivity contribution is 4.87. The molecule has 3 heteroatoms. The molecule has 0 heterocycles. The quantitative estimate of drug-likeness (QED) is 0.665. The third-order valence-corrected chi connectivity index (χ3v) is 3.53. The van der Waals surface area contributed by atoms with Crippen LogP contribution in [0.2, 0.25) is 0 Å². The number of nitrogens with zero attached hydrogens (tertiary/aromatic N) is 1. The molecule has 3 nitrogen and oxygen atoms in total. The molecular formula is C12H26N2O. The molecule has 0 saturated heterocycles. The van der Waals surface area contributed by atoms with Crippen LogP contribution < -0.4 is 5.73 Å². The Bertz CT molecular complexity index is 171. The lowest BCUT2D eigenvalue weighted by atomic mass is 10.1. The van der Waals surface area contributed by atoms with Gasteiger partial charge in [-0.3, -0.25) is 4.90 Å². The minimum atomic E-state index is 0.584. The topological polar surface area (TPSA) is 38.5 Å². The number of rotatable bonds is 8. The first-order valence-electron chi connectivity index (χ1n) is 6.15. The molecule has 0 bridgehead atoms. The first-order valence-corrected chi connectivity index (χ1v) is 6.15. The second-order valence-corrected chi connectivity index (χ2v) is 4.74. The highest BCUT2D eigenvalue weighted by atomic mass is 16.5. The second-order valence-electron chi connectivity index (χ2n) is 4.74. The van der Waals surface area contributed by atoms with E-state index in [2.05, 4.69) is 18.7 Å². The summed E-state index contributed by atoms with van der Waals surface area (Å²) in [6, 6.07) is 1.28. The molecule has 0 amide bonds. The van der Waals surface area contributed by atoms with Gasteiger partial charge < -0.3 is 10.5 Å². The van der Waals surface area contributed by atoms with E-state index in [1.54, 1.807) is 7.11 Å². The molecular weight excluding hydrogens is 188 g/mol. The van der Waals surface area contributed by atoms with Crippen LogP contribution >= 0.6 is 0 Å². The van der Waals surface area contributed by atoms with Gasteiger partial charge in [0, 0.05) is 25.7 Å². The Kier molecular flexibility index (Phi) is 5.58. The maximum absolute atomic E-state index is 5.63. The van der Waals surface area contributed by atoms with Crippen molar-refractivity contribution in [2.24, 2.45) is 11.7 Å². The van der Waals surface area contributed by atoms with Crippen LogP contribution in [0.4, 0.5) is 0 Å². The molecule has 0 aromatic heterocycles. The summed E-state index contributed by atoms with van der Waals surface area (Å²) in [7, 11) is 1.77. The minimum absolute atomic E-state index is 0.584. The van der Waals surface area contributed by atoms with Gasteiger partial charge in [0.15, 0.2) is 0 Å². The van der Waals surface area contributed by atoms with Crippen LogP contribution in [0.1, 0.15) is 33.1 Å². The van der Waals surface area contributed by atoms with Crippen molar-refractivity contribution in [1.82, 2.24) is 4.90 Å². The molecule has 1 saturated carbocycles. The third kappa shape index (κ3) is 4.09. The van der Waals surface area contributed by atoms with Gasteiger partial charge in [-0.25, -0.2) is 0 Å². The number of nitrogens with two attached hydrogens (primary N) is 1. The Morgan fingerprint density at radius 1 is 1.40 bits per heavy atom. The largest absolute Gasteiger partial charge is 0.383 e. The van der Waals surface area contributed by atoms with Crippen molar-refractivity contribution in [3.05, 3.63) is 0 Å². The molecule has 1 rings (SSSR count).